The summed E-state index contributed by atoms with van der Waals surface area (Å²) >= 11 is 1.54. The van der Waals surface area contributed by atoms with E-state index in [0.29, 0.717) is 37.3 Å². The number of rotatable bonds is 7. The minimum atomic E-state index is -0.473. The number of thiophene rings is 1. The first-order valence-electron chi connectivity index (χ1n) is 6.89. The highest BCUT2D eigenvalue weighted by Crippen LogP contribution is 2.25. The molecule has 0 spiro atoms. The molecule has 0 aliphatic heterocycles. The van der Waals surface area contributed by atoms with Crippen LogP contribution < -0.4 is 10.9 Å². The van der Waals surface area contributed by atoms with Crippen LogP contribution in [0.5, 0.6) is 0 Å². The number of fused-ring (bicyclic) bond motifs is 1. The fourth-order valence-electron chi connectivity index (χ4n) is 2.13. The van der Waals surface area contributed by atoms with Crippen molar-refractivity contribution >= 4 is 21.6 Å². The van der Waals surface area contributed by atoms with Crippen LogP contribution in [0.15, 0.2) is 4.79 Å². The van der Waals surface area contributed by atoms with Gasteiger partial charge in [-0.15, -0.1) is 11.3 Å². The van der Waals surface area contributed by atoms with Gasteiger partial charge in [-0.25, -0.2) is 4.98 Å². The van der Waals surface area contributed by atoms with E-state index in [1.807, 2.05) is 13.8 Å². The van der Waals surface area contributed by atoms with E-state index in [1.165, 1.54) is 0 Å². The van der Waals surface area contributed by atoms with Crippen molar-refractivity contribution in [3.63, 3.8) is 0 Å². The fraction of sp³-hybridized carbons (Fsp3) is 0.571. The zero-order chi connectivity index (χ0) is 15.4. The van der Waals surface area contributed by atoms with E-state index in [2.05, 4.69) is 15.3 Å². The molecular formula is C14H21N3O3S. The monoisotopic (exact) mass is 311 g/mol. The van der Waals surface area contributed by atoms with Crippen LogP contribution in [0, 0.1) is 13.8 Å². The van der Waals surface area contributed by atoms with Crippen LogP contribution in [0.3, 0.4) is 0 Å². The molecule has 0 saturated heterocycles. The number of hydrogen-bond donors (Lipinski definition) is 3. The van der Waals surface area contributed by atoms with Crippen molar-refractivity contribution in [3.05, 3.63) is 26.6 Å². The minimum absolute atomic E-state index is 0.0851. The zero-order valence-corrected chi connectivity index (χ0v) is 13.3. The number of hydrogen-bond acceptors (Lipinski definition) is 6. The Morgan fingerprint density at radius 1 is 1.48 bits per heavy atom. The number of aromatic nitrogens is 2. The van der Waals surface area contributed by atoms with Crippen molar-refractivity contribution in [2.75, 3.05) is 20.3 Å². The van der Waals surface area contributed by atoms with Gasteiger partial charge >= 0.3 is 0 Å². The standard InChI is InChI=1S/C14H21N3O3S/c1-8-9(2)21-14-12(8)13(19)16-11(17-14)6-15-5-4-10(18)7-20-3/h10,15,18H,4-7H2,1-3H3,(H,16,17,19). The number of ether oxygens (including phenoxy) is 1. The summed E-state index contributed by atoms with van der Waals surface area (Å²) in [6, 6.07) is 0. The summed E-state index contributed by atoms with van der Waals surface area (Å²) in [6.45, 7) is 5.38. The summed E-state index contributed by atoms with van der Waals surface area (Å²) in [4.78, 5) is 21.3. The second-order valence-corrected chi connectivity index (χ2v) is 6.25. The van der Waals surface area contributed by atoms with Crippen LogP contribution in [0.25, 0.3) is 10.2 Å². The maximum absolute atomic E-state index is 12.1. The van der Waals surface area contributed by atoms with Gasteiger partial charge in [-0.3, -0.25) is 4.79 Å². The summed E-state index contributed by atoms with van der Waals surface area (Å²) in [5, 5.41) is 13.4. The highest BCUT2D eigenvalue weighted by Gasteiger charge is 2.11. The summed E-state index contributed by atoms with van der Waals surface area (Å²) in [7, 11) is 1.56. The Bertz CT molecular complexity index is 665. The van der Waals surface area contributed by atoms with E-state index in [-0.39, 0.29) is 5.56 Å². The first-order chi connectivity index (χ1) is 10.0. The lowest BCUT2D eigenvalue weighted by Gasteiger charge is -2.09. The van der Waals surface area contributed by atoms with E-state index in [9.17, 15) is 9.90 Å². The third-order valence-corrected chi connectivity index (χ3v) is 4.50. The van der Waals surface area contributed by atoms with Crippen LogP contribution in [-0.2, 0) is 11.3 Å². The Morgan fingerprint density at radius 3 is 2.95 bits per heavy atom. The Morgan fingerprint density at radius 2 is 2.24 bits per heavy atom. The zero-order valence-electron chi connectivity index (χ0n) is 12.5. The van der Waals surface area contributed by atoms with Crippen molar-refractivity contribution in [3.8, 4) is 0 Å². The average molecular weight is 311 g/mol. The lowest BCUT2D eigenvalue weighted by Crippen LogP contribution is -2.24. The second kappa shape index (κ2) is 7.13. The molecule has 21 heavy (non-hydrogen) atoms. The van der Waals surface area contributed by atoms with Crippen LogP contribution >= 0.6 is 11.3 Å². The number of aliphatic hydroxyl groups excluding tert-OH is 1. The van der Waals surface area contributed by atoms with E-state index in [1.54, 1.807) is 18.4 Å². The molecule has 116 valence electrons. The molecule has 7 heteroatoms. The van der Waals surface area contributed by atoms with E-state index in [4.69, 9.17) is 4.74 Å². The third kappa shape index (κ3) is 3.88. The molecule has 0 aliphatic rings. The van der Waals surface area contributed by atoms with Crippen molar-refractivity contribution in [2.45, 2.75) is 32.9 Å². The molecule has 2 rings (SSSR count). The largest absolute Gasteiger partial charge is 0.391 e. The molecule has 0 amide bonds. The van der Waals surface area contributed by atoms with Crippen LogP contribution in [0.4, 0.5) is 0 Å². The van der Waals surface area contributed by atoms with Gasteiger partial charge < -0.3 is 20.1 Å². The van der Waals surface area contributed by atoms with Gasteiger partial charge in [0.05, 0.1) is 24.6 Å². The lowest BCUT2D eigenvalue weighted by molar-refractivity contribution is 0.0594. The molecule has 2 aromatic rings. The van der Waals surface area contributed by atoms with Crippen molar-refractivity contribution in [1.29, 1.82) is 0 Å². The van der Waals surface area contributed by atoms with Crippen LogP contribution in [-0.4, -0.2) is 41.4 Å². The molecule has 0 radical (unpaired) electrons. The summed E-state index contributed by atoms with van der Waals surface area (Å²) in [5.74, 6) is 0.620. The molecule has 0 aromatic carbocycles. The van der Waals surface area contributed by atoms with E-state index in [0.717, 1.165) is 15.3 Å². The molecule has 0 fully saturated rings. The number of aliphatic hydroxyl groups is 1. The van der Waals surface area contributed by atoms with Gasteiger partial charge in [-0.2, -0.15) is 0 Å². The lowest BCUT2D eigenvalue weighted by atomic mass is 10.2. The van der Waals surface area contributed by atoms with Crippen molar-refractivity contribution in [2.24, 2.45) is 0 Å². The second-order valence-electron chi connectivity index (χ2n) is 5.05. The number of aromatic amines is 1. The minimum Gasteiger partial charge on any atom is -0.391 e. The van der Waals surface area contributed by atoms with Crippen molar-refractivity contribution in [1.82, 2.24) is 15.3 Å². The molecule has 1 unspecified atom stereocenters. The molecule has 2 aromatic heterocycles. The summed E-state index contributed by atoms with van der Waals surface area (Å²) in [6.07, 6.45) is 0.122. The smallest absolute Gasteiger partial charge is 0.259 e. The van der Waals surface area contributed by atoms with E-state index >= 15 is 0 Å². The number of nitrogens with one attached hydrogen (secondary N) is 2. The number of nitrogens with zero attached hydrogens (tertiary/aromatic N) is 1. The molecule has 0 bridgehead atoms. The molecule has 3 N–H and O–H groups in total. The van der Waals surface area contributed by atoms with Crippen LogP contribution in [0.2, 0.25) is 0 Å². The highest BCUT2D eigenvalue weighted by molar-refractivity contribution is 7.18. The van der Waals surface area contributed by atoms with Gasteiger partial charge in [0.1, 0.15) is 10.7 Å². The van der Waals surface area contributed by atoms with Gasteiger partial charge in [-0.05, 0) is 32.4 Å². The Hall–Kier alpha value is -1.28. The third-order valence-electron chi connectivity index (χ3n) is 3.39. The molecule has 2 heterocycles. The van der Waals surface area contributed by atoms with Gasteiger partial charge in [-0.1, -0.05) is 0 Å². The fourth-order valence-corrected chi connectivity index (χ4v) is 3.18. The molecule has 0 saturated carbocycles. The Balaban J connectivity index is 1.99. The molecule has 0 aliphatic carbocycles. The molecular weight excluding hydrogens is 290 g/mol. The van der Waals surface area contributed by atoms with Crippen molar-refractivity contribution < 1.29 is 9.84 Å². The van der Waals surface area contributed by atoms with Gasteiger partial charge in [0, 0.05) is 12.0 Å². The SMILES string of the molecule is COCC(O)CCNCc1nc2sc(C)c(C)c2c(=O)[nH]1. The summed E-state index contributed by atoms with van der Waals surface area (Å²) in [5.41, 5.74) is 0.920. The first kappa shape index (κ1) is 16.1. The maximum Gasteiger partial charge on any atom is 0.259 e. The van der Waals surface area contributed by atoms with Gasteiger partial charge in [0.2, 0.25) is 0 Å². The average Bonchev–Trinajstić information content (AvgIpc) is 2.71. The molecule has 6 nitrogen and oxygen atoms in total. The molecule has 1 atom stereocenters. The maximum atomic E-state index is 12.1. The number of methoxy groups -OCH3 is 1. The quantitative estimate of drug-likeness (QED) is 0.666. The predicted molar refractivity (Wildman–Crippen MR) is 83.9 cm³/mol. The summed E-state index contributed by atoms with van der Waals surface area (Å²) < 4.78 is 4.86. The Labute approximate surface area is 127 Å². The highest BCUT2D eigenvalue weighted by atomic mass is 32.1. The van der Waals surface area contributed by atoms with Gasteiger partial charge in [0.25, 0.3) is 5.56 Å². The number of aryl methyl sites for hydroxylation is 2. The first-order valence-corrected chi connectivity index (χ1v) is 7.71. The topological polar surface area (TPSA) is 87.2 Å². The normalized spacial score (nSPS) is 13.0. The Kier molecular flexibility index (Phi) is 5.46. The van der Waals surface area contributed by atoms with Crippen LogP contribution in [0.1, 0.15) is 22.7 Å². The number of H-pyrrole nitrogens is 1. The van der Waals surface area contributed by atoms with Gasteiger partial charge in [0.15, 0.2) is 0 Å². The van der Waals surface area contributed by atoms with E-state index < -0.39 is 6.10 Å². The predicted octanol–water partition coefficient (Wildman–Crippen LogP) is 1.09.